The van der Waals surface area contributed by atoms with Crippen molar-refractivity contribution in [3.63, 3.8) is 0 Å². The Morgan fingerprint density at radius 3 is 2.67 bits per heavy atom. The van der Waals surface area contributed by atoms with Crippen molar-refractivity contribution >= 4 is 29.4 Å². The number of hydrazine groups is 1. The van der Waals surface area contributed by atoms with Crippen molar-refractivity contribution in [3.8, 4) is 0 Å². The fourth-order valence-electron chi connectivity index (χ4n) is 6.03. The molecule has 3 heterocycles. The van der Waals surface area contributed by atoms with E-state index in [0.717, 1.165) is 25.7 Å². The maximum Gasteiger partial charge on any atom is 0.228 e. The van der Waals surface area contributed by atoms with E-state index in [2.05, 4.69) is 49.9 Å². The van der Waals surface area contributed by atoms with Crippen LogP contribution in [-0.4, -0.2) is 103 Å². The summed E-state index contributed by atoms with van der Waals surface area (Å²) in [4.78, 5) is 15.4. The van der Waals surface area contributed by atoms with Gasteiger partial charge in [-0.3, -0.25) is 25.2 Å². The number of nitrogens with zero attached hydrogens (tertiary/aromatic N) is 4. The summed E-state index contributed by atoms with van der Waals surface area (Å²) in [5.41, 5.74) is 3.85. The number of fused-ring (bicyclic) bond motifs is 1. The Hall–Kier alpha value is -1.54. The first kappa shape index (κ1) is 30.4. The third-order valence-corrected chi connectivity index (χ3v) is 8.36. The van der Waals surface area contributed by atoms with E-state index in [1.165, 1.54) is 14.0 Å². The third kappa shape index (κ3) is 6.86. The van der Waals surface area contributed by atoms with E-state index in [9.17, 15) is 9.50 Å². The smallest absolute Gasteiger partial charge is 0.228 e. The van der Waals surface area contributed by atoms with Crippen LogP contribution in [-0.2, 0) is 4.74 Å². The average molecular weight is 573 g/mol. The predicted molar refractivity (Wildman–Crippen MR) is 150 cm³/mol. The molecule has 1 saturated carbocycles. The summed E-state index contributed by atoms with van der Waals surface area (Å²) in [6.07, 6.45) is 2.73. The number of hydrogen-bond acceptors (Lipinski definition) is 10. The van der Waals surface area contributed by atoms with Gasteiger partial charge in [-0.15, -0.1) is 11.6 Å². The Bertz CT molecular complexity index is 956. The molecule has 4 rings (SSSR count). The van der Waals surface area contributed by atoms with Crippen molar-refractivity contribution in [2.45, 2.75) is 94.6 Å². The Morgan fingerprint density at radius 2 is 2.08 bits per heavy atom. The van der Waals surface area contributed by atoms with Gasteiger partial charge < -0.3 is 15.2 Å². The molecule has 0 bridgehead atoms. The lowest BCUT2D eigenvalue weighted by Crippen LogP contribution is -2.62. The van der Waals surface area contributed by atoms with Crippen LogP contribution in [0.5, 0.6) is 0 Å². The van der Waals surface area contributed by atoms with E-state index >= 15 is 4.39 Å². The molecule has 8 atom stereocenters. The van der Waals surface area contributed by atoms with Crippen LogP contribution in [0.1, 0.15) is 46.5 Å². The number of nitrogens with one attached hydrogen (secondary N) is 4. The second-order valence-corrected chi connectivity index (χ2v) is 12.1. The van der Waals surface area contributed by atoms with Gasteiger partial charge in [0.05, 0.1) is 35.9 Å². The molecule has 13 heteroatoms. The molecule has 0 spiro atoms. The molecule has 0 aromatic rings. The fraction of sp³-hybridized carbons (Fsp3) is 0.808. The van der Waals surface area contributed by atoms with Crippen LogP contribution in [0.4, 0.5) is 8.78 Å². The SMILES string of the molecule is C=C(C=NCC(C)Cl)[C@H]1N=C(C2NNC(O)O2)N[C@H]2N[C@@H](C(C)(F)C(CF)=NC)N(CC3CCC(C)CC3)C21. The molecule has 10 nitrogen and oxygen atoms in total. The highest BCUT2D eigenvalue weighted by atomic mass is 35.5. The van der Waals surface area contributed by atoms with Crippen LogP contribution < -0.4 is 21.5 Å². The van der Waals surface area contributed by atoms with Crippen LogP contribution in [0.3, 0.4) is 0 Å². The number of aliphatic hydroxyl groups is 1. The number of halogens is 3. The summed E-state index contributed by atoms with van der Waals surface area (Å²) < 4.78 is 36.0. The summed E-state index contributed by atoms with van der Waals surface area (Å²) >= 11 is 6.09. The molecule has 0 aromatic carbocycles. The van der Waals surface area contributed by atoms with Gasteiger partial charge in [-0.1, -0.05) is 26.3 Å². The van der Waals surface area contributed by atoms with E-state index in [1.54, 1.807) is 6.21 Å². The van der Waals surface area contributed by atoms with Crippen LogP contribution in [0.25, 0.3) is 0 Å². The second-order valence-electron chi connectivity index (χ2n) is 11.4. The fourth-order valence-corrected chi connectivity index (χ4v) is 6.11. The standard InChI is InChI=1S/C26H43ClF2N8O2/c1-14-6-8-17(9-7-14)13-37-20-19(15(2)11-31-12-16(3)27)32-22(23-35-36-25(38)39-23)33-21(20)34-24(37)26(4,29)18(10-28)30-5/h11,14,16-17,19-21,23-25,34-36,38H,2,6-10,12-13H2,1,3-5H3,(H,32,33)/t14?,16?,17?,19-,20?,21+,23?,24-,25?,26?/m1/s1. The molecule has 5 unspecified atom stereocenters. The molecule has 3 fully saturated rings. The highest BCUT2D eigenvalue weighted by Crippen LogP contribution is 2.37. The van der Waals surface area contributed by atoms with Gasteiger partial charge in [0.25, 0.3) is 0 Å². The summed E-state index contributed by atoms with van der Waals surface area (Å²) in [6, 6.07) is -0.871. The van der Waals surface area contributed by atoms with Gasteiger partial charge in [-0.25, -0.2) is 19.6 Å². The summed E-state index contributed by atoms with van der Waals surface area (Å²) in [6.45, 7) is 9.84. The van der Waals surface area contributed by atoms with Crippen molar-refractivity contribution in [2.24, 2.45) is 26.8 Å². The van der Waals surface area contributed by atoms with Gasteiger partial charge in [-0.2, -0.15) is 0 Å². The van der Waals surface area contributed by atoms with E-state index < -0.39 is 43.4 Å². The van der Waals surface area contributed by atoms with Gasteiger partial charge in [-0.05, 0) is 44.1 Å². The highest BCUT2D eigenvalue weighted by molar-refractivity contribution is 6.20. The summed E-state index contributed by atoms with van der Waals surface area (Å²) in [5, 5.41) is 16.4. The normalized spacial score (nSPS) is 38.3. The second kappa shape index (κ2) is 13.0. The number of aliphatic hydroxyl groups excluding tert-OH is 1. The predicted octanol–water partition coefficient (Wildman–Crippen LogP) is 1.86. The molecule has 1 aliphatic carbocycles. The van der Waals surface area contributed by atoms with Gasteiger partial charge in [0, 0.05) is 19.8 Å². The number of rotatable bonds is 10. The maximum atomic E-state index is 16.6. The van der Waals surface area contributed by atoms with Crippen molar-refractivity contribution < 1.29 is 18.6 Å². The van der Waals surface area contributed by atoms with Gasteiger partial charge in [0.1, 0.15) is 18.7 Å². The Balaban J connectivity index is 1.70. The van der Waals surface area contributed by atoms with Crippen molar-refractivity contribution in [1.82, 2.24) is 26.4 Å². The van der Waals surface area contributed by atoms with Crippen molar-refractivity contribution in [2.75, 3.05) is 26.8 Å². The maximum absolute atomic E-state index is 16.6. The minimum Gasteiger partial charge on any atom is -0.355 e. The molecule has 0 aromatic heterocycles. The minimum atomic E-state index is -2.08. The molecule has 4 aliphatic rings. The number of amidine groups is 1. The van der Waals surface area contributed by atoms with Crippen molar-refractivity contribution in [3.05, 3.63) is 12.2 Å². The molecule has 0 radical (unpaired) electrons. The molecule has 5 N–H and O–H groups in total. The first-order chi connectivity index (χ1) is 18.5. The molecule has 39 heavy (non-hydrogen) atoms. The monoisotopic (exact) mass is 572 g/mol. The van der Waals surface area contributed by atoms with Crippen LogP contribution in [0, 0.1) is 11.8 Å². The van der Waals surface area contributed by atoms with E-state index in [4.69, 9.17) is 21.3 Å². The minimum absolute atomic E-state index is 0.139. The number of hydrogen-bond donors (Lipinski definition) is 5. The molecule has 2 saturated heterocycles. The Morgan fingerprint density at radius 1 is 1.36 bits per heavy atom. The lowest BCUT2D eigenvalue weighted by Gasteiger charge is -2.42. The summed E-state index contributed by atoms with van der Waals surface area (Å²) in [5.74, 6) is 1.47. The number of ether oxygens (including phenoxy) is 1. The zero-order chi connectivity index (χ0) is 28.3. The van der Waals surface area contributed by atoms with E-state index in [1.807, 2.05) is 6.92 Å². The molecule has 0 amide bonds. The third-order valence-electron chi connectivity index (χ3n) is 8.22. The van der Waals surface area contributed by atoms with Crippen LogP contribution in [0.15, 0.2) is 27.1 Å². The van der Waals surface area contributed by atoms with Crippen LogP contribution >= 0.6 is 11.6 Å². The number of alkyl halides is 3. The van der Waals surface area contributed by atoms with Gasteiger partial charge in [0.2, 0.25) is 6.41 Å². The lowest BCUT2D eigenvalue weighted by molar-refractivity contribution is -0.0858. The van der Waals surface area contributed by atoms with E-state index in [0.29, 0.717) is 36.3 Å². The first-order valence-electron chi connectivity index (χ1n) is 13.8. The van der Waals surface area contributed by atoms with E-state index in [-0.39, 0.29) is 17.1 Å². The summed E-state index contributed by atoms with van der Waals surface area (Å²) in [7, 11) is 1.42. The average Bonchev–Trinajstić information content (AvgIpc) is 3.49. The molecular formula is C26H43ClF2N8O2. The molecule has 220 valence electrons. The van der Waals surface area contributed by atoms with Gasteiger partial charge in [0.15, 0.2) is 11.9 Å². The molecule has 3 aliphatic heterocycles. The zero-order valence-corrected chi connectivity index (χ0v) is 24.0. The van der Waals surface area contributed by atoms with Gasteiger partial charge >= 0.3 is 0 Å². The number of aliphatic imine (C=N–C) groups is 3. The van der Waals surface area contributed by atoms with Crippen LogP contribution in [0.2, 0.25) is 0 Å². The lowest BCUT2D eigenvalue weighted by atomic mass is 9.82. The Labute approximate surface area is 234 Å². The Kier molecular flexibility index (Phi) is 10.1. The first-order valence-corrected chi connectivity index (χ1v) is 14.2. The largest absolute Gasteiger partial charge is 0.355 e. The quantitative estimate of drug-likeness (QED) is 0.200. The zero-order valence-electron chi connectivity index (χ0n) is 23.2. The van der Waals surface area contributed by atoms with Crippen molar-refractivity contribution in [1.29, 1.82) is 0 Å². The highest BCUT2D eigenvalue weighted by Gasteiger charge is 2.56. The topological polar surface area (TPSA) is 118 Å². The molecular weight excluding hydrogens is 530 g/mol.